The van der Waals surface area contributed by atoms with Gasteiger partial charge in [-0.15, -0.1) is 24.8 Å². The van der Waals surface area contributed by atoms with Gasteiger partial charge in [0.25, 0.3) is 0 Å². The minimum Gasteiger partial charge on any atom is -0.450 e. The van der Waals surface area contributed by atoms with Crippen LogP contribution in [0.3, 0.4) is 0 Å². The molecule has 0 radical (unpaired) electrons. The van der Waals surface area contributed by atoms with E-state index in [0.29, 0.717) is 12.5 Å². The number of carbonyl (C=O) groups is 1. The van der Waals surface area contributed by atoms with Gasteiger partial charge in [-0.25, -0.2) is 4.79 Å². The summed E-state index contributed by atoms with van der Waals surface area (Å²) in [7, 11) is 0. The van der Waals surface area contributed by atoms with Gasteiger partial charge in [-0.05, 0) is 32.4 Å². The van der Waals surface area contributed by atoms with Crippen LogP contribution in [0.4, 0.5) is 4.79 Å². The van der Waals surface area contributed by atoms with Crippen molar-refractivity contribution in [2.75, 3.05) is 26.2 Å². The molecule has 1 aliphatic heterocycles. The largest absolute Gasteiger partial charge is 0.505 e. The number of ether oxygens (including phenoxy) is 1. The van der Waals surface area contributed by atoms with E-state index < -0.39 is 6.16 Å². The van der Waals surface area contributed by atoms with Crippen LogP contribution in [0, 0.1) is 5.92 Å². The van der Waals surface area contributed by atoms with E-state index in [-0.39, 0.29) is 24.8 Å². The predicted octanol–water partition coefficient (Wildman–Crippen LogP) is 3.04. The smallest absolute Gasteiger partial charge is 0.450 e. The van der Waals surface area contributed by atoms with E-state index in [2.05, 4.69) is 16.6 Å². The number of hydrogen-bond acceptors (Lipinski definition) is 3. The molecule has 1 heterocycles. The Bertz CT molecular complexity index is 205. The molecule has 104 valence electrons. The van der Waals surface area contributed by atoms with E-state index in [0.717, 1.165) is 32.5 Å². The molecule has 1 aliphatic rings. The zero-order valence-electron chi connectivity index (χ0n) is 10.3. The van der Waals surface area contributed by atoms with Crippen molar-refractivity contribution in [3.05, 3.63) is 0 Å². The number of nitrogens with zero attached hydrogens (tertiary/aromatic N) is 1. The van der Waals surface area contributed by atoms with E-state index >= 15 is 0 Å². The zero-order valence-corrected chi connectivity index (χ0v) is 11.9. The van der Waals surface area contributed by atoms with E-state index in [9.17, 15) is 4.79 Å². The van der Waals surface area contributed by atoms with Crippen molar-refractivity contribution in [2.24, 2.45) is 5.92 Å². The van der Waals surface area contributed by atoms with Gasteiger partial charge >= 0.3 is 6.16 Å². The molecule has 0 spiro atoms. The number of unbranched alkanes of at least 4 members (excludes halogenated alkanes) is 1. The highest BCUT2D eigenvalue weighted by atomic mass is 35.5. The summed E-state index contributed by atoms with van der Waals surface area (Å²) in [5.41, 5.74) is 0. The molecule has 4 nitrogen and oxygen atoms in total. The molecule has 17 heavy (non-hydrogen) atoms. The summed E-state index contributed by atoms with van der Waals surface area (Å²) < 4.78 is 4.62. The molecule has 0 saturated carbocycles. The lowest BCUT2D eigenvalue weighted by Gasteiger charge is -2.32. The standard InChI is InChI=1S/C11H21NO3.2ClH/c1-2-3-6-12-7-4-5-10(8-12)9-15-11(13)14;;/h10H,2-9H2,1H3,(H,13,14);2*1H. The van der Waals surface area contributed by atoms with Crippen LogP contribution in [-0.4, -0.2) is 42.4 Å². The van der Waals surface area contributed by atoms with Crippen LogP contribution < -0.4 is 0 Å². The van der Waals surface area contributed by atoms with Crippen LogP contribution in [0.5, 0.6) is 0 Å². The molecular formula is C11H23Cl2NO3. The Morgan fingerprint density at radius 1 is 1.47 bits per heavy atom. The van der Waals surface area contributed by atoms with Crippen LogP contribution >= 0.6 is 24.8 Å². The molecule has 0 bridgehead atoms. The summed E-state index contributed by atoms with van der Waals surface area (Å²) >= 11 is 0. The summed E-state index contributed by atoms with van der Waals surface area (Å²) in [5.74, 6) is 0.395. The lowest BCUT2D eigenvalue weighted by molar-refractivity contribution is 0.0564. The third-order valence-corrected chi connectivity index (χ3v) is 2.87. The second-order valence-corrected chi connectivity index (χ2v) is 4.24. The maximum Gasteiger partial charge on any atom is 0.505 e. The highest BCUT2D eigenvalue weighted by Gasteiger charge is 2.20. The molecule has 0 amide bonds. The highest BCUT2D eigenvalue weighted by molar-refractivity contribution is 5.85. The van der Waals surface area contributed by atoms with Crippen LogP contribution in [0.1, 0.15) is 32.6 Å². The first-order chi connectivity index (χ1) is 7.22. The van der Waals surface area contributed by atoms with Gasteiger partial charge in [-0.2, -0.15) is 0 Å². The molecule has 0 aromatic rings. The minimum absolute atomic E-state index is 0. The van der Waals surface area contributed by atoms with Gasteiger partial charge in [0.05, 0.1) is 6.61 Å². The second-order valence-electron chi connectivity index (χ2n) is 4.24. The van der Waals surface area contributed by atoms with Crippen molar-refractivity contribution in [1.29, 1.82) is 0 Å². The summed E-state index contributed by atoms with van der Waals surface area (Å²) in [6.07, 6.45) is 3.55. The molecular weight excluding hydrogens is 265 g/mol. The summed E-state index contributed by atoms with van der Waals surface area (Å²) in [6, 6.07) is 0. The number of carboxylic acid groups (broad SMARTS) is 1. The second kappa shape index (κ2) is 10.9. The van der Waals surface area contributed by atoms with E-state index in [4.69, 9.17) is 5.11 Å². The Morgan fingerprint density at radius 2 is 2.18 bits per heavy atom. The maximum absolute atomic E-state index is 10.3. The van der Waals surface area contributed by atoms with Crippen LogP contribution in [0.15, 0.2) is 0 Å². The van der Waals surface area contributed by atoms with E-state index in [1.165, 1.54) is 12.8 Å². The molecule has 0 aliphatic carbocycles. The molecule has 0 aromatic heterocycles. The Hall–Kier alpha value is -0.190. The molecule has 1 unspecified atom stereocenters. The lowest BCUT2D eigenvalue weighted by Crippen LogP contribution is -2.37. The molecule has 6 heteroatoms. The average Bonchev–Trinajstić information content (AvgIpc) is 2.24. The van der Waals surface area contributed by atoms with Crippen molar-refractivity contribution < 1.29 is 14.6 Å². The fourth-order valence-electron chi connectivity index (χ4n) is 2.06. The summed E-state index contributed by atoms with van der Waals surface area (Å²) in [4.78, 5) is 12.7. The fourth-order valence-corrected chi connectivity index (χ4v) is 2.06. The Morgan fingerprint density at radius 3 is 2.76 bits per heavy atom. The number of rotatable bonds is 5. The third-order valence-electron chi connectivity index (χ3n) is 2.87. The lowest BCUT2D eigenvalue weighted by atomic mass is 9.99. The van der Waals surface area contributed by atoms with Gasteiger partial charge in [-0.1, -0.05) is 13.3 Å². The first-order valence-electron chi connectivity index (χ1n) is 5.80. The van der Waals surface area contributed by atoms with E-state index in [1.807, 2.05) is 0 Å². The van der Waals surface area contributed by atoms with Gasteiger partial charge < -0.3 is 14.7 Å². The predicted molar refractivity (Wildman–Crippen MR) is 72.5 cm³/mol. The molecule has 1 N–H and O–H groups in total. The van der Waals surface area contributed by atoms with Crippen LogP contribution in [0.2, 0.25) is 0 Å². The van der Waals surface area contributed by atoms with Crippen molar-refractivity contribution in [2.45, 2.75) is 32.6 Å². The number of piperidine rings is 1. The van der Waals surface area contributed by atoms with Gasteiger partial charge in [0, 0.05) is 12.5 Å². The highest BCUT2D eigenvalue weighted by Crippen LogP contribution is 2.17. The molecule has 1 fully saturated rings. The number of likely N-dealkylation sites (tertiary alicyclic amines) is 1. The van der Waals surface area contributed by atoms with Crippen LogP contribution in [-0.2, 0) is 4.74 Å². The fraction of sp³-hybridized carbons (Fsp3) is 0.909. The topological polar surface area (TPSA) is 49.8 Å². The number of hydrogen-bond donors (Lipinski definition) is 1. The zero-order chi connectivity index (χ0) is 11.1. The van der Waals surface area contributed by atoms with Gasteiger partial charge in [0.1, 0.15) is 0 Å². The Balaban J connectivity index is 0. The third kappa shape index (κ3) is 8.52. The summed E-state index contributed by atoms with van der Waals surface area (Å²) in [5, 5.41) is 8.42. The van der Waals surface area contributed by atoms with Gasteiger partial charge in [-0.3, -0.25) is 0 Å². The van der Waals surface area contributed by atoms with Crippen molar-refractivity contribution in [1.82, 2.24) is 4.90 Å². The summed E-state index contributed by atoms with van der Waals surface area (Å²) in [6.45, 7) is 5.84. The first-order valence-corrected chi connectivity index (χ1v) is 5.80. The minimum atomic E-state index is -1.15. The normalized spacial score (nSPS) is 19.9. The molecule has 1 saturated heterocycles. The quantitative estimate of drug-likeness (QED) is 0.790. The molecule has 1 rings (SSSR count). The van der Waals surface area contributed by atoms with E-state index in [1.54, 1.807) is 0 Å². The van der Waals surface area contributed by atoms with Crippen molar-refractivity contribution >= 4 is 31.0 Å². The Labute approximate surface area is 116 Å². The SMILES string of the molecule is CCCCN1CCCC(COC(=O)O)C1.Cl.Cl. The molecule has 1 atom stereocenters. The first kappa shape index (κ1) is 19.2. The van der Waals surface area contributed by atoms with Gasteiger partial charge in [0.2, 0.25) is 0 Å². The number of halogens is 2. The van der Waals surface area contributed by atoms with Crippen molar-refractivity contribution in [3.8, 4) is 0 Å². The van der Waals surface area contributed by atoms with Crippen molar-refractivity contribution in [3.63, 3.8) is 0 Å². The monoisotopic (exact) mass is 287 g/mol. The Kier molecular flexibility index (Phi) is 12.3. The van der Waals surface area contributed by atoms with Gasteiger partial charge in [0.15, 0.2) is 0 Å². The van der Waals surface area contributed by atoms with Crippen LogP contribution in [0.25, 0.3) is 0 Å². The average molecular weight is 288 g/mol. The molecule has 0 aromatic carbocycles. The maximum atomic E-state index is 10.3.